The number of amides is 2. The highest BCUT2D eigenvalue weighted by molar-refractivity contribution is 6.40. The molecule has 0 aromatic heterocycles. The standard InChI is InChI=1S/C22H27ClN4O2/c1-14-17(23)6-5-7-18(14)25-22(29)21(28)24-13-20(26(2)3)15-8-9-19-16(12-15)10-11-27(19)4/h5-9,12,20H,10-11,13H2,1-4H3,(H,24,28)(H,25,29)/t20-/m1/s1. The number of hydrogen-bond acceptors (Lipinski definition) is 4. The first-order valence-corrected chi connectivity index (χ1v) is 10.0. The van der Waals surface area contributed by atoms with Crippen molar-refractivity contribution in [2.24, 2.45) is 0 Å². The van der Waals surface area contributed by atoms with Gasteiger partial charge < -0.3 is 20.4 Å². The molecule has 1 aliphatic heterocycles. The summed E-state index contributed by atoms with van der Waals surface area (Å²) >= 11 is 6.07. The molecule has 1 aliphatic rings. The van der Waals surface area contributed by atoms with Gasteiger partial charge in [-0.05, 0) is 62.3 Å². The van der Waals surface area contributed by atoms with Crippen LogP contribution in [-0.2, 0) is 16.0 Å². The van der Waals surface area contributed by atoms with Crippen molar-refractivity contribution in [2.45, 2.75) is 19.4 Å². The molecular weight excluding hydrogens is 388 g/mol. The van der Waals surface area contributed by atoms with E-state index in [-0.39, 0.29) is 6.04 Å². The van der Waals surface area contributed by atoms with Gasteiger partial charge in [0.05, 0.1) is 6.04 Å². The Kier molecular flexibility index (Phi) is 6.45. The van der Waals surface area contributed by atoms with Crippen molar-refractivity contribution in [3.8, 4) is 0 Å². The second kappa shape index (κ2) is 8.84. The van der Waals surface area contributed by atoms with E-state index in [0.29, 0.717) is 17.3 Å². The zero-order valence-corrected chi connectivity index (χ0v) is 18.0. The van der Waals surface area contributed by atoms with Crippen molar-refractivity contribution in [3.63, 3.8) is 0 Å². The second-order valence-electron chi connectivity index (χ2n) is 7.62. The predicted octanol–water partition coefficient (Wildman–Crippen LogP) is 3.00. The van der Waals surface area contributed by atoms with Crippen LogP contribution in [-0.4, -0.2) is 50.9 Å². The first-order chi connectivity index (χ1) is 13.8. The van der Waals surface area contributed by atoms with E-state index in [0.717, 1.165) is 24.1 Å². The average Bonchev–Trinajstić information content (AvgIpc) is 3.05. The number of benzene rings is 2. The molecule has 0 bridgehead atoms. The molecule has 154 valence electrons. The van der Waals surface area contributed by atoms with Crippen LogP contribution in [0.4, 0.5) is 11.4 Å². The molecule has 0 unspecified atom stereocenters. The lowest BCUT2D eigenvalue weighted by Crippen LogP contribution is -2.40. The van der Waals surface area contributed by atoms with Crippen LogP contribution in [0.25, 0.3) is 0 Å². The Morgan fingerprint density at radius 3 is 2.69 bits per heavy atom. The Morgan fingerprint density at radius 2 is 1.97 bits per heavy atom. The molecule has 0 radical (unpaired) electrons. The number of carbonyl (C=O) groups is 2. The summed E-state index contributed by atoms with van der Waals surface area (Å²) in [4.78, 5) is 28.9. The van der Waals surface area contributed by atoms with Crippen LogP contribution in [0.3, 0.4) is 0 Å². The van der Waals surface area contributed by atoms with Crippen molar-refractivity contribution in [3.05, 3.63) is 58.1 Å². The fourth-order valence-corrected chi connectivity index (χ4v) is 3.76. The minimum atomic E-state index is -0.705. The van der Waals surface area contributed by atoms with E-state index in [1.54, 1.807) is 25.1 Å². The molecule has 0 saturated carbocycles. The SMILES string of the molecule is Cc1c(Cl)cccc1NC(=O)C(=O)NC[C@H](c1ccc2c(c1)CCN2C)N(C)C. The number of nitrogens with zero attached hydrogens (tertiary/aromatic N) is 2. The normalized spacial score (nSPS) is 13.9. The Balaban J connectivity index is 1.65. The third-order valence-corrected chi connectivity index (χ3v) is 5.83. The van der Waals surface area contributed by atoms with E-state index in [1.807, 2.05) is 19.0 Å². The maximum Gasteiger partial charge on any atom is 0.313 e. The van der Waals surface area contributed by atoms with E-state index in [1.165, 1.54) is 11.3 Å². The highest BCUT2D eigenvalue weighted by atomic mass is 35.5. The number of nitrogens with one attached hydrogen (secondary N) is 2. The van der Waals surface area contributed by atoms with Crippen LogP contribution in [0.1, 0.15) is 22.7 Å². The Bertz CT molecular complexity index is 929. The molecule has 2 amide bonds. The number of fused-ring (bicyclic) bond motifs is 1. The van der Waals surface area contributed by atoms with Crippen LogP contribution in [0.15, 0.2) is 36.4 Å². The van der Waals surface area contributed by atoms with Gasteiger partial charge in [-0.15, -0.1) is 0 Å². The number of halogens is 1. The van der Waals surface area contributed by atoms with Crippen molar-refractivity contribution in [2.75, 3.05) is 44.4 Å². The molecule has 1 heterocycles. The fraction of sp³-hybridized carbons (Fsp3) is 0.364. The number of hydrogen-bond donors (Lipinski definition) is 2. The summed E-state index contributed by atoms with van der Waals surface area (Å²) in [6, 6.07) is 11.6. The molecule has 2 aromatic rings. The van der Waals surface area contributed by atoms with Gasteiger partial charge in [-0.3, -0.25) is 9.59 Å². The molecule has 2 N–H and O–H groups in total. The maximum atomic E-state index is 12.4. The summed E-state index contributed by atoms with van der Waals surface area (Å²) < 4.78 is 0. The summed E-state index contributed by atoms with van der Waals surface area (Å²) in [7, 11) is 6.02. The molecule has 7 heteroatoms. The van der Waals surface area contributed by atoms with E-state index in [9.17, 15) is 9.59 Å². The third kappa shape index (κ3) is 4.71. The third-order valence-electron chi connectivity index (χ3n) is 5.42. The lowest BCUT2D eigenvalue weighted by molar-refractivity contribution is -0.136. The number of anilines is 2. The molecule has 29 heavy (non-hydrogen) atoms. The molecule has 0 saturated heterocycles. The zero-order valence-electron chi connectivity index (χ0n) is 17.3. The van der Waals surface area contributed by atoms with E-state index < -0.39 is 11.8 Å². The molecule has 2 aromatic carbocycles. The minimum Gasteiger partial charge on any atom is -0.374 e. The van der Waals surface area contributed by atoms with Crippen molar-refractivity contribution >= 4 is 34.8 Å². The monoisotopic (exact) mass is 414 g/mol. The van der Waals surface area contributed by atoms with Gasteiger partial charge in [0.25, 0.3) is 0 Å². The first kappa shape index (κ1) is 21.1. The van der Waals surface area contributed by atoms with Crippen LogP contribution in [0.2, 0.25) is 5.02 Å². The molecule has 1 atom stereocenters. The lowest BCUT2D eigenvalue weighted by Gasteiger charge is -2.26. The highest BCUT2D eigenvalue weighted by Crippen LogP contribution is 2.30. The molecule has 3 rings (SSSR count). The van der Waals surface area contributed by atoms with Gasteiger partial charge in [-0.2, -0.15) is 0 Å². The largest absolute Gasteiger partial charge is 0.374 e. The average molecular weight is 415 g/mol. The van der Waals surface area contributed by atoms with E-state index >= 15 is 0 Å². The molecule has 0 aliphatic carbocycles. The number of likely N-dealkylation sites (N-methyl/N-ethyl adjacent to an activating group) is 2. The van der Waals surface area contributed by atoms with E-state index in [2.05, 4.69) is 40.8 Å². The molecule has 6 nitrogen and oxygen atoms in total. The van der Waals surface area contributed by atoms with Gasteiger partial charge in [-0.25, -0.2) is 0 Å². The smallest absolute Gasteiger partial charge is 0.313 e. The van der Waals surface area contributed by atoms with Gasteiger partial charge in [0.1, 0.15) is 0 Å². The summed E-state index contributed by atoms with van der Waals surface area (Å²) in [5.74, 6) is -1.37. The Morgan fingerprint density at radius 1 is 1.21 bits per heavy atom. The zero-order chi connectivity index (χ0) is 21.1. The summed E-state index contributed by atoms with van der Waals surface area (Å²) in [6.45, 7) is 3.15. The van der Waals surface area contributed by atoms with Crippen LogP contribution in [0.5, 0.6) is 0 Å². The summed E-state index contributed by atoms with van der Waals surface area (Å²) in [5, 5.41) is 5.92. The number of rotatable bonds is 5. The van der Waals surface area contributed by atoms with Crippen molar-refractivity contribution < 1.29 is 9.59 Å². The van der Waals surface area contributed by atoms with Crippen molar-refractivity contribution in [1.29, 1.82) is 0 Å². The molecular formula is C22H27ClN4O2. The maximum absolute atomic E-state index is 12.4. The van der Waals surface area contributed by atoms with Crippen LogP contribution >= 0.6 is 11.6 Å². The van der Waals surface area contributed by atoms with Gasteiger partial charge in [0.15, 0.2) is 0 Å². The Labute approximate surface area is 176 Å². The van der Waals surface area contributed by atoms with Gasteiger partial charge >= 0.3 is 11.8 Å². The molecule has 0 spiro atoms. The quantitative estimate of drug-likeness (QED) is 0.738. The second-order valence-corrected chi connectivity index (χ2v) is 8.02. The fourth-order valence-electron chi connectivity index (χ4n) is 3.58. The first-order valence-electron chi connectivity index (χ1n) is 9.62. The van der Waals surface area contributed by atoms with Crippen LogP contribution < -0.4 is 15.5 Å². The van der Waals surface area contributed by atoms with Gasteiger partial charge in [0.2, 0.25) is 0 Å². The van der Waals surface area contributed by atoms with Crippen molar-refractivity contribution in [1.82, 2.24) is 10.2 Å². The van der Waals surface area contributed by atoms with Gasteiger partial charge in [0, 0.05) is 36.5 Å². The lowest BCUT2D eigenvalue weighted by atomic mass is 10.0. The minimum absolute atomic E-state index is 0.0316. The predicted molar refractivity (Wildman–Crippen MR) is 118 cm³/mol. The summed E-state index contributed by atoms with van der Waals surface area (Å²) in [5.41, 5.74) is 4.95. The topological polar surface area (TPSA) is 64.7 Å². The number of carbonyl (C=O) groups excluding carboxylic acids is 2. The molecule has 0 fully saturated rings. The highest BCUT2D eigenvalue weighted by Gasteiger charge is 2.22. The van der Waals surface area contributed by atoms with Gasteiger partial charge in [-0.1, -0.05) is 29.8 Å². The summed E-state index contributed by atoms with van der Waals surface area (Å²) in [6.07, 6.45) is 1.02. The Hall–Kier alpha value is -2.57. The van der Waals surface area contributed by atoms with E-state index in [4.69, 9.17) is 11.6 Å². The van der Waals surface area contributed by atoms with Crippen LogP contribution in [0, 0.1) is 6.92 Å².